The summed E-state index contributed by atoms with van der Waals surface area (Å²) in [5, 5.41) is 0. The molecule has 0 fully saturated rings. The van der Waals surface area contributed by atoms with Crippen LogP contribution in [0.25, 0.3) is 0 Å². The van der Waals surface area contributed by atoms with Crippen molar-refractivity contribution in [3.63, 3.8) is 0 Å². The fourth-order valence-electron chi connectivity index (χ4n) is 2.32. The van der Waals surface area contributed by atoms with Gasteiger partial charge in [0.05, 0.1) is 5.49 Å². The Kier molecular flexibility index (Phi) is 25.9. The van der Waals surface area contributed by atoms with E-state index in [9.17, 15) is 0 Å². The maximum absolute atomic E-state index is 4.67. The van der Waals surface area contributed by atoms with Gasteiger partial charge in [0.15, 0.2) is 0 Å². The zero-order chi connectivity index (χ0) is 21.7. The highest BCUT2D eigenvalue weighted by atomic mass is 32.2. The zero-order valence-electron chi connectivity index (χ0n) is 19.5. The Morgan fingerprint density at radius 3 is 1.96 bits per heavy atom. The van der Waals surface area contributed by atoms with Crippen LogP contribution < -0.4 is 0 Å². The van der Waals surface area contributed by atoms with E-state index in [0.717, 1.165) is 21.7 Å². The molecule has 0 aromatic rings. The minimum atomic E-state index is 0.395. The monoisotopic (exact) mass is 431 g/mol. The maximum Gasteiger partial charge on any atom is 0.0640 e. The van der Waals surface area contributed by atoms with Gasteiger partial charge in [0.25, 0.3) is 0 Å². The molecule has 0 heterocycles. The Morgan fingerprint density at radius 2 is 1.74 bits per heavy atom. The number of thiocarbonyl (C=S) groups is 1. The number of allylic oxidation sites excluding steroid dienone is 5. The Morgan fingerprint density at radius 1 is 1.22 bits per heavy atom. The molecule has 0 N–H and O–H groups in total. The summed E-state index contributed by atoms with van der Waals surface area (Å²) < 4.78 is 0. The molecule has 27 heavy (non-hydrogen) atoms. The second-order valence-corrected chi connectivity index (χ2v) is 9.81. The van der Waals surface area contributed by atoms with Crippen LogP contribution in [0.5, 0.6) is 0 Å². The van der Waals surface area contributed by atoms with Gasteiger partial charge in [-0.3, -0.25) is 0 Å². The van der Waals surface area contributed by atoms with Crippen LogP contribution in [0, 0.1) is 11.3 Å². The van der Waals surface area contributed by atoms with Crippen molar-refractivity contribution in [1.29, 1.82) is 0 Å². The van der Waals surface area contributed by atoms with Gasteiger partial charge >= 0.3 is 0 Å². The number of nitrogens with zero attached hydrogens (tertiary/aromatic N) is 1. The minimum absolute atomic E-state index is 0.395. The van der Waals surface area contributed by atoms with Gasteiger partial charge in [0.2, 0.25) is 0 Å². The predicted molar refractivity (Wildman–Crippen MR) is 140 cm³/mol. The number of hydrogen-bond acceptors (Lipinski definition) is 2. The lowest BCUT2D eigenvalue weighted by molar-refractivity contribution is 0.334. The molecule has 0 saturated carbocycles. The number of hydrogen-bond donors (Lipinski definition) is 0. The summed E-state index contributed by atoms with van der Waals surface area (Å²) in [5.41, 5.74) is 3.52. The van der Waals surface area contributed by atoms with E-state index < -0.39 is 0 Å². The molecule has 2 unspecified atom stereocenters. The van der Waals surface area contributed by atoms with Crippen LogP contribution in [0.15, 0.2) is 36.5 Å². The van der Waals surface area contributed by atoms with Gasteiger partial charge in [0, 0.05) is 13.1 Å². The van der Waals surface area contributed by atoms with Crippen LogP contribution in [0.2, 0.25) is 0 Å². The molecular formula is C23H46NPS2. The third-order valence-electron chi connectivity index (χ3n) is 3.70. The molecule has 0 spiro atoms. The van der Waals surface area contributed by atoms with Gasteiger partial charge in [-0.2, -0.15) is 11.8 Å². The molecular weight excluding hydrogens is 385 g/mol. The van der Waals surface area contributed by atoms with E-state index in [1.54, 1.807) is 5.49 Å². The van der Waals surface area contributed by atoms with Crippen LogP contribution >= 0.6 is 32.6 Å². The Hall–Kier alpha value is -0.110. The first kappa shape index (κ1) is 31.6. The molecule has 0 aliphatic carbocycles. The second kappa shape index (κ2) is 22.2. The van der Waals surface area contributed by atoms with Crippen molar-refractivity contribution in [1.82, 2.24) is 4.90 Å². The fourth-order valence-corrected chi connectivity index (χ4v) is 3.49. The van der Waals surface area contributed by atoms with E-state index in [2.05, 4.69) is 103 Å². The fraction of sp³-hybridized carbons (Fsp3) is 0.696. The number of thioether (sulfide) groups is 1. The van der Waals surface area contributed by atoms with Gasteiger partial charge in [0.1, 0.15) is 0 Å². The average Bonchev–Trinajstić information content (AvgIpc) is 2.62. The maximum atomic E-state index is 4.67. The largest absolute Gasteiger partial charge is 0.369 e. The first-order valence-corrected chi connectivity index (χ1v) is 13.6. The molecule has 0 radical (unpaired) electrons. The van der Waals surface area contributed by atoms with Gasteiger partial charge in [-0.1, -0.05) is 70.8 Å². The van der Waals surface area contributed by atoms with E-state index >= 15 is 0 Å². The Labute approximate surface area is 183 Å². The van der Waals surface area contributed by atoms with Crippen molar-refractivity contribution < 1.29 is 0 Å². The van der Waals surface area contributed by atoms with E-state index in [1.165, 1.54) is 23.9 Å². The highest BCUT2D eigenvalue weighted by Gasteiger charge is 2.19. The molecule has 1 nitrogen and oxygen atoms in total. The van der Waals surface area contributed by atoms with E-state index in [4.69, 9.17) is 0 Å². The molecule has 0 aliphatic heterocycles. The molecule has 0 saturated heterocycles. The normalized spacial score (nSPS) is 12.9. The zero-order valence-corrected chi connectivity index (χ0v) is 22.1. The SMILES string of the molecule is C=C/C=C(\C=C/C)C(CPC)CC(C)(C)C.CCN(C=S)CC.CCSC. The summed E-state index contributed by atoms with van der Waals surface area (Å²) in [6, 6.07) is 0. The van der Waals surface area contributed by atoms with Crippen molar-refractivity contribution in [2.75, 3.05) is 37.9 Å². The van der Waals surface area contributed by atoms with Crippen molar-refractivity contribution >= 4 is 38.1 Å². The summed E-state index contributed by atoms with van der Waals surface area (Å²) in [6.45, 7) is 23.5. The molecule has 0 aliphatic rings. The molecule has 0 aromatic heterocycles. The lowest BCUT2D eigenvalue weighted by Gasteiger charge is -2.26. The topological polar surface area (TPSA) is 3.24 Å². The minimum Gasteiger partial charge on any atom is -0.369 e. The highest BCUT2D eigenvalue weighted by Crippen LogP contribution is 2.32. The van der Waals surface area contributed by atoms with Crippen molar-refractivity contribution in [3.8, 4) is 0 Å². The lowest BCUT2D eigenvalue weighted by Crippen LogP contribution is -2.18. The third-order valence-corrected chi connectivity index (χ3v) is 5.48. The highest BCUT2D eigenvalue weighted by molar-refractivity contribution is 7.98. The van der Waals surface area contributed by atoms with Crippen LogP contribution in [0.1, 0.15) is 54.9 Å². The summed E-state index contributed by atoms with van der Waals surface area (Å²) in [4.78, 5) is 2.06. The average molecular weight is 432 g/mol. The van der Waals surface area contributed by atoms with E-state index in [1.807, 2.05) is 17.8 Å². The van der Waals surface area contributed by atoms with Crippen molar-refractivity contribution in [2.45, 2.75) is 54.9 Å². The lowest BCUT2D eigenvalue weighted by atomic mass is 9.82. The summed E-state index contributed by atoms with van der Waals surface area (Å²) >= 11 is 6.53. The van der Waals surface area contributed by atoms with Crippen molar-refractivity contribution in [2.24, 2.45) is 11.3 Å². The molecule has 160 valence electrons. The van der Waals surface area contributed by atoms with Gasteiger partial charge in [-0.15, -0.1) is 8.58 Å². The van der Waals surface area contributed by atoms with Crippen LogP contribution in [-0.2, 0) is 0 Å². The molecule has 0 rings (SSSR count). The summed E-state index contributed by atoms with van der Waals surface area (Å²) in [6.07, 6.45) is 13.1. The third kappa shape index (κ3) is 23.9. The van der Waals surface area contributed by atoms with Gasteiger partial charge < -0.3 is 4.90 Å². The van der Waals surface area contributed by atoms with E-state index in [-0.39, 0.29) is 0 Å². The van der Waals surface area contributed by atoms with E-state index in [0.29, 0.717) is 11.3 Å². The molecule has 0 amide bonds. The summed E-state index contributed by atoms with van der Waals surface area (Å²) in [7, 11) is 1.02. The molecule has 4 heteroatoms. The van der Waals surface area contributed by atoms with Crippen LogP contribution in [0.3, 0.4) is 0 Å². The first-order valence-electron chi connectivity index (χ1n) is 9.99. The standard InChI is InChI=1S/C15H27P.C5H11NS.C3H8S/c1-7-9-13(10-8-2)14(12-16-6)11-15(3,4)5;1-3-6(4-2)5-7;1-3-4-2/h7-10,14,16H,1,11-12H2,2-6H3;5H,3-4H2,1-2H3;3H2,1-2H3/b10-8-,13-9+;;. The molecule has 0 aromatic carbocycles. The Bertz CT molecular complexity index is 392. The quantitative estimate of drug-likeness (QED) is 0.198. The molecule has 0 bridgehead atoms. The second-order valence-electron chi connectivity index (χ2n) is 7.33. The van der Waals surface area contributed by atoms with Gasteiger partial charge in [-0.25, -0.2) is 0 Å². The van der Waals surface area contributed by atoms with Crippen LogP contribution in [-0.4, -0.2) is 48.3 Å². The van der Waals surface area contributed by atoms with Gasteiger partial charge in [-0.05, 0) is 68.9 Å². The van der Waals surface area contributed by atoms with Crippen molar-refractivity contribution in [3.05, 3.63) is 36.5 Å². The number of rotatable bonds is 10. The molecule has 2 atom stereocenters. The Balaban J connectivity index is -0.000000431. The predicted octanol–water partition coefficient (Wildman–Crippen LogP) is 7.69. The smallest absolute Gasteiger partial charge is 0.0640 e. The van der Waals surface area contributed by atoms with Crippen LogP contribution in [0.4, 0.5) is 0 Å². The summed E-state index contributed by atoms with van der Waals surface area (Å²) in [5.74, 6) is 1.91. The first-order chi connectivity index (χ1) is 12.7.